The molecule has 0 unspecified atom stereocenters. The molecule has 0 atom stereocenters. The molecule has 1 heteroatoms. The molecule has 1 N–H and O–H groups in total. The molecule has 0 bridgehead atoms. The van der Waals surface area contributed by atoms with Gasteiger partial charge in [-0.3, -0.25) is 0 Å². The van der Waals surface area contributed by atoms with Crippen molar-refractivity contribution in [3.63, 3.8) is 0 Å². The fraction of sp³-hybridized carbons (Fsp3) is 0.333. The van der Waals surface area contributed by atoms with Gasteiger partial charge in [0.15, 0.2) is 0 Å². The Labute approximate surface area is 95.7 Å². The predicted molar refractivity (Wildman–Crippen MR) is 66.6 cm³/mol. The van der Waals surface area contributed by atoms with E-state index in [1.54, 1.807) is 0 Å². The van der Waals surface area contributed by atoms with Gasteiger partial charge in [0.2, 0.25) is 0 Å². The lowest BCUT2D eigenvalue weighted by Crippen LogP contribution is -2.38. The lowest BCUT2D eigenvalue weighted by molar-refractivity contribution is 0.121. The van der Waals surface area contributed by atoms with Crippen molar-refractivity contribution >= 4 is 10.8 Å². The molecule has 2 aromatic rings. The summed E-state index contributed by atoms with van der Waals surface area (Å²) < 4.78 is 0. The van der Waals surface area contributed by atoms with E-state index in [0.29, 0.717) is 0 Å². The minimum atomic E-state index is 0.0425. The summed E-state index contributed by atoms with van der Waals surface area (Å²) >= 11 is 0. The highest BCUT2D eigenvalue weighted by Gasteiger charge is 2.38. The lowest BCUT2D eigenvalue weighted by Gasteiger charge is -2.41. The first kappa shape index (κ1) is 9.86. The number of rotatable bonds is 2. The molecule has 82 valence electrons. The van der Waals surface area contributed by atoms with Crippen LogP contribution < -0.4 is 0 Å². The molecule has 1 aliphatic carbocycles. The first-order valence-electron chi connectivity index (χ1n) is 5.95. The number of hydrogen-bond donors (Lipinski definition) is 1. The fourth-order valence-electron chi connectivity index (χ4n) is 2.80. The molecule has 1 nitrogen and oxygen atoms in total. The van der Waals surface area contributed by atoms with Crippen molar-refractivity contribution in [2.75, 3.05) is 6.61 Å². The molecule has 1 fully saturated rings. The monoisotopic (exact) mass is 212 g/mol. The molecule has 0 spiro atoms. The predicted octanol–water partition coefficient (Wildman–Crippen LogP) is 3.25. The van der Waals surface area contributed by atoms with Crippen LogP contribution in [0.2, 0.25) is 0 Å². The molecule has 0 aliphatic heterocycles. The third-order valence-electron chi connectivity index (χ3n) is 3.97. The molecule has 2 aromatic carbocycles. The summed E-state index contributed by atoms with van der Waals surface area (Å²) in [6.07, 6.45) is 3.48. The van der Waals surface area contributed by atoms with Crippen molar-refractivity contribution in [3.05, 3.63) is 48.0 Å². The third kappa shape index (κ3) is 1.28. The van der Waals surface area contributed by atoms with Crippen LogP contribution in [0.5, 0.6) is 0 Å². The van der Waals surface area contributed by atoms with E-state index in [-0.39, 0.29) is 12.0 Å². The zero-order valence-corrected chi connectivity index (χ0v) is 9.32. The number of benzene rings is 2. The van der Waals surface area contributed by atoms with Crippen LogP contribution in [0.3, 0.4) is 0 Å². The van der Waals surface area contributed by atoms with Gasteiger partial charge in [0.25, 0.3) is 0 Å². The number of hydrogen-bond acceptors (Lipinski definition) is 1. The highest BCUT2D eigenvalue weighted by molar-refractivity contribution is 5.86. The van der Waals surface area contributed by atoms with E-state index in [4.69, 9.17) is 0 Å². The Morgan fingerprint density at radius 2 is 1.75 bits per heavy atom. The van der Waals surface area contributed by atoms with Crippen molar-refractivity contribution < 1.29 is 5.11 Å². The lowest BCUT2D eigenvalue weighted by atomic mass is 9.64. The number of aliphatic hydroxyl groups excluding tert-OH is 1. The summed E-state index contributed by atoms with van der Waals surface area (Å²) in [6, 6.07) is 14.9. The number of aliphatic hydroxyl groups is 1. The second kappa shape index (κ2) is 3.60. The minimum Gasteiger partial charge on any atom is -0.395 e. The maximum atomic E-state index is 9.65. The van der Waals surface area contributed by atoms with Crippen LogP contribution in [-0.2, 0) is 5.41 Å². The Hall–Kier alpha value is -1.34. The van der Waals surface area contributed by atoms with E-state index in [9.17, 15) is 5.11 Å². The van der Waals surface area contributed by atoms with E-state index >= 15 is 0 Å². The Kier molecular flexibility index (Phi) is 2.22. The van der Waals surface area contributed by atoms with E-state index in [2.05, 4.69) is 42.5 Å². The summed E-state index contributed by atoms with van der Waals surface area (Å²) in [5.74, 6) is 0. The largest absolute Gasteiger partial charge is 0.395 e. The quantitative estimate of drug-likeness (QED) is 0.810. The zero-order valence-electron chi connectivity index (χ0n) is 9.32. The van der Waals surface area contributed by atoms with Gasteiger partial charge in [0.05, 0.1) is 6.61 Å². The van der Waals surface area contributed by atoms with Gasteiger partial charge in [-0.2, -0.15) is 0 Å². The maximum absolute atomic E-state index is 9.65. The topological polar surface area (TPSA) is 20.2 Å². The van der Waals surface area contributed by atoms with Crippen molar-refractivity contribution in [2.24, 2.45) is 0 Å². The van der Waals surface area contributed by atoms with E-state index < -0.39 is 0 Å². The van der Waals surface area contributed by atoms with Crippen molar-refractivity contribution in [1.82, 2.24) is 0 Å². The molecule has 1 aliphatic rings. The highest BCUT2D eigenvalue weighted by Crippen LogP contribution is 2.45. The molecule has 0 amide bonds. The Morgan fingerprint density at radius 3 is 2.44 bits per heavy atom. The molecular formula is C15H16O. The SMILES string of the molecule is OCC1(c2cccc3ccccc23)CCC1. The second-order valence-corrected chi connectivity index (χ2v) is 4.82. The van der Waals surface area contributed by atoms with Crippen LogP contribution in [-0.4, -0.2) is 11.7 Å². The standard InChI is InChI=1S/C15H16O/c16-11-15(9-4-10-15)14-8-3-6-12-5-1-2-7-13(12)14/h1-3,5-8,16H,4,9-11H2. The normalized spacial score (nSPS) is 18.3. The van der Waals surface area contributed by atoms with Crippen molar-refractivity contribution in [2.45, 2.75) is 24.7 Å². The molecule has 0 saturated heterocycles. The smallest absolute Gasteiger partial charge is 0.0528 e. The van der Waals surface area contributed by atoms with Crippen LogP contribution in [0, 0.1) is 0 Å². The second-order valence-electron chi connectivity index (χ2n) is 4.82. The van der Waals surface area contributed by atoms with Gasteiger partial charge in [0, 0.05) is 5.41 Å². The van der Waals surface area contributed by atoms with Crippen LogP contribution in [0.1, 0.15) is 24.8 Å². The first-order valence-corrected chi connectivity index (χ1v) is 5.95. The first-order chi connectivity index (χ1) is 7.86. The van der Waals surface area contributed by atoms with Crippen molar-refractivity contribution in [1.29, 1.82) is 0 Å². The van der Waals surface area contributed by atoms with Crippen LogP contribution >= 0.6 is 0 Å². The third-order valence-corrected chi connectivity index (χ3v) is 3.97. The van der Waals surface area contributed by atoms with Crippen LogP contribution in [0.4, 0.5) is 0 Å². The highest BCUT2D eigenvalue weighted by atomic mass is 16.3. The molecule has 0 heterocycles. The van der Waals surface area contributed by atoms with Crippen LogP contribution in [0.25, 0.3) is 10.8 Å². The number of fused-ring (bicyclic) bond motifs is 1. The van der Waals surface area contributed by atoms with E-state index in [1.807, 2.05) is 0 Å². The van der Waals surface area contributed by atoms with Gasteiger partial charge in [0.1, 0.15) is 0 Å². The summed E-state index contributed by atoms with van der Waals surface area (Å²) in [6.45, 7) is 0.279. The van der Waals surface area contributed by atoms with Gasteiger partial charge < -0.3 is 5.11 Å². The van der Waals surface area contributed by atoms with Gasteiger partial charge in [-0.1, -0.05) is 48.9 Å². The van der Waals surface area contributed by atoms with Crippen LogP contribution in [0.15, 0.2) is 42.5 Å². The molecule has 0 aromatic heterocycles. The molecule has 3 rings (SSSR count). The summed E-state index contributed by atoms with van der Waals surface area (Å²) in [5, 5.41) is 12.2. The Bertz CT molecular complexity index is 501. The Morgan fingerprint density at radius 1 is 1.00 bits per heavy atom. The minimum absolute atomic E-state index is 0.0425. The van der Waals surface area contributed by atoms with E-state index in [0.717, 1.165) is 12.8 Å². The average Bonchev–Trinajstić information content (AvgIpc) is 2.29. The summed E-state index contributed by atoms with van der Waals surface area (Å²) in [7, 11) is 0. The van der Waals surface area contributed by atoms with Crippen molar-refractivity contribution in [3.8, 4) is 0 Å². The molecule has 0 radical (unpaired) electrons. The van der Waals surface area contributed by atoms with Gasteiger partial charge in [-0.25, -0.2) is 0 Å². The summed E-state index contributed by atoms with van der Waals surface area (Å²) in [4.78, 5) is 0. The Balaban J connectivity index is 2.23. The molecule has 16 heavy (non-hydrogen) atoms. The maximum Gasteiger partial charge on any atom is 0.0528 e. The zero-order chi connectivity index (χ0) is 11.0. The summed E-state index contributed by atoms with van der Waals surface area (Å²) in [5.41, 5.74) is 1.38. The van der Waals surface area contributed by atoms with E-state index in [1.165, 1.54) is 22.8 Å². The average molecular weight is 212 g/mol. The molecule has 1 saturated carbocycles. The van der Waals surface area contributed by atoms with Gasteiger partial charge in [-0.05, 0) is 29.2 Å². The molecular weight excluding hydrogens is 196 g/mol. The van der Waals surface area contributed by atoms with Gasteiger partial charge in [-0.15, -0.1) is 0 Å². The van der Waals surface area contributed by atoms with Gasteiger partial charge >= 0.3 is 0 Å². The fourth-order valence-corrected chi connectivity index (χ4v) is 2.80.